The number of carbonyl (C=O) groups excluding carboxylic acids is 1. The van der Waals surface area contributed by atoms with Gasteiger partial charge in [-0.25, -0.2) is 4.79 Å². The molecule has 0 atom stereocenters. The molecule has 1 heterocycles. The van der Waals surface area contributed by atoms with Gasteiger partial charge in [0.2, 0.25) is 0 Å². The average Bonchev–Trinajstić information content (AvgIpc) is 2.60. The highest BCUT2D eigenvalue weighted by Gasteiger charge is 2.21. The van der Waals surface area contributed by atoms with Crippen LogP contribution in [0.1, 0.15) is 73.2 Å². The molecular formula is C22H29NO3. The fourth-order valence-electron chi connectivity index (χ4n) is 2.98. The molecule has 0 aliphatic carbocycles. The molecule has 140 valence electrons. The van der Waals surface area contributed by atoms with Crippen LogP contribution in [-0.2, 0) is 11.2 Å². The molecule has 4 heteroatoms. The number of hydrogen-bond donors (Lipinski definition) is 0. The standard InChI is InChI=1S/C22H29NO3/c1-13(2)18-10-8-17(9-11-18)12-19-20(14(3)4)23-16(6)15(5)21(19)26-22(24)25-7/h8-11,13-14H,12H2,1-7H3. The Balaban J connectivity index is 2.52. The number of carbonyl (C=O) groups is 1. The first kappa shape index (κ1) is 20.0. The Hall–Kier alpha value is -2.36. The number of ether oxygens (including phenoxy) is 2. The molecule has 0 aliphatic rings. The highest BCUT2D eigenvalue weighted by molar-refractivity contribution is 5.66. The Morgan fingerprint density at radius 1 is 1.04 bits per heavy atom. The third-order valence-corrected chi connectivity index (χ3v) is 4.68. The Bertz CT molecular complexity index is 777. The first-order valence-corrected chi connectivity index (χ1v) is 9.09. The zero-order valence-corrected chi connectivity index (χ0v) is 16.8. The van der Waals surface area contributed by atoms with Crippen LogP contribution in [-0.4, -0.2) is 18.2 Å². The van der Waals surface area contributed by atoms with E-state index in [1.165, 1.54) is 12.7 Å². The highest BCUT2D eigenvalue weighted by Crippen LogP contribution is 2.34. The fraction of sp³-hybridized carbons (Fsp3) is 0.455. The van der Waals surface area contributed by atoms with E-state index < -0.39 is 6.16 Å². The second-order valence-electron chi connectivity index (χ2n) is 7.30. The summed E-state index contributed by atoms with van der Waals surface area (Å²) in [4.78, 5) is 16.6. The van der Waals surface area contributed by atoms with E-state index in [1.54, 1.807) is 0 Å². The Kier molecular flexibility index (Phi) is 6.41. The lowest BCUT2D eigenvalue weighted by Gasteiger charge is -2.20. The summed E-state index contributed by atoms with van der Waals surface area (Å²) >= 11 is 0. The van der Waals surface area contributed by atoms with E-state index in [9.17, 15) is 4.79 Å². The maximum Gasteiger partial charge on any atom is 0.513 e. The SMILES string of the molecule is COC(=O)Oc1c(C)c(C)nc(C(C)C)c1Cc1ccc(C(C)C)cc1. The van der Waals surface area contributed by atoms with Crippen molar-refractivity contribution in [2.24, 2.45) is 0 Å². The predicted octanol–water partition coefficient (Wildman–Crippen LogP) is 5.68. The number of pyridine rings is 1. The van der Waals surface area contributed by atoms with Crippen LogP contribution in [0, 0.1) is 13.8 Å². The average molecular weight is 355 g/mol. The topological polar surface area (TPSA) is 48.4 Å². The van der Waals surface area contributed by atoms with Crippen LogP contribution in [0.15, 0.2) is 24.3 Å². The van der Waals surface area contributed by atoms with Crippen molar-refractivity contribution in [1.29, 1.82) is 0 Å². The van der Waals surface area contributed by atoms with E-state index in [1.807, 2.05) is 13.8 Å². The van der Waals surface area contributed by atoms with E-state index in [4.69, 9.17) is 14.5 Å². The lowest BCUT2D eigenvalue weighted by Crippen LogP contribution is -2.14. The number of rotatable bonds is 5. The maximum atomic E-state index is 11.8. The van der Waals surface area contributed by atoms with Gasteiger partial charge in [0.25, 0.3) is 0 Å². The molecule has 1 aromatic carbocycles. The maximum absolute atomic E-state index is 11.8. The zero-order valence-electron chi connectivity index (χ0n) is 16.8. The molecular weight excluding hydrogens is 326 g/mol. The molecule has 2 aromatic rings. The van der Waals surface area contributed by atoms with Crippen molar-refractivity contribution in [2.45, 2.75) is 59.8 Å². The van der Waals surface area contributed by atoms with Crippen molar-refractivity contribution < 1.29 is 14.3 Å². The molecule has 0 N–H and O–H groups in total. The number of benzene rings is 1. The van der Waals surface area contributed by atoms with Gasteiger partial charge in [-0.1, -0.05) is 52.0 Å². The molecule has 0 spiro atoms. The smallest absolute Gasteiger partial charge is 0.437 e. The molecule has 4 nitrogen and oxygen atoms in total. The van der Waals surface area contributed by atoms with Crippen LogP contribution >= 0.6 is 0 Å². The number of aromatic nitrogens is 1. The van der Waals surface area contributed by atoms with Gasteiger partial charge in [0.15, 0.2) is 0 Å². The lowest BCUT2D eigenvalue weighted by molar-refractivity contribution is 0.120. The minimum absolute atomic E-state index is 0.222. The molecule has 1 aromatic heterocycles. The van der Waals surface area contributed by atoms with E-state index in [2.05, 4.69) is 52.0 Å². The zero-order chi connectivity index (χ0) is 19.4. The quantitative estimate of drug-likeness (QED) is 0.647. The van der Waals surface area contributed by atoms with E-state index in [0.29, 0.717) is 18.1 Å². The van der Waals surface area contributed by atoms with Gasteiger partial charge in [-0.05, 0) is 36.8 Å². The normalized spacial score (nSPS) is 11.1. The lowest BCUT2D eigenvalue weighted by atomic mass is 9.93. The molecule has 0 saturated carbocycles. The van der Waals surface area contributed by atoms with E-state index in [0.717, 1.165) is 28.1 Å². The van der Waals surface area contributed by atoms with Gasteiger partial charge in [-0.3, -0.25) is 4.98 Å². The van der Waals surface area contributed by atoms with Crippen molar-refractivity contribution in [3.8, 4) is 5.75 Å². The summed E-state index contributed by atoms with van der Waals surface area (Å²) in [6.07, 6.45) is -0.0448. The molecule has 0 fully saturated rings. The summed E-state index contributed by atoms with van der Waals surface area (Å²) in [5.74, 6) is 1.29. The second kappa shape index (κ2) is 8.35. The summed E-state index contributed by atoms with van der Waals surface area (Å²) in [5.41, 5.74) is 6.11. The monoisotopic (exact) mass is 355 g/mol. The van der Waals surface area contributed by atoms with E-state index >= 15 is 0 Å². The molecule has 0 radical (unpaired) electrons. The van der Waals surface area contributed by atoms with Gasteiger partial charge in [0.05, 0.1) is 12.8 Å². The minimum atomic E-state index is -0.704. The Morgan fingerprint density at radius 3 is 2.15 bits per heavy atom. The molecule has 0 aliphatic heterocycles. The molecule has 0 unspecified atom stereocenters. The number of methoxy groups -OCH3 is 1. The van der Waals surface area contributed by atoms with Crippen LogP contribution in [0.4, 0.5) is 4.79 Å². The second-order valence-corrected chi connectivity index (χ2v) is 7.30. The van der Waals surface area contributed by atoms with Crippen molar-refractivity contribution in [3.63, 3.8) is 0 Å². The van der Waals surface area contributed by atoms with Crippen LogP contribution < -0.4 is 4.74 Å². The van der Waals surface area contributed by atoms with Gasteiger partial charge in [0.1, 0.15) is 5.75 Å². The molecule has 2 rings (SSSR count). The molecule has 0 saturated heterocycles. The molecule has 0 bridgehead atoms. The van der Waals surface area contributed by atoms with Gasteiger partial charge in [-0.2, -0.15) is 0 Å². The first-order chi connectivity index (χ1) is 12.2. The van der Waals surface area contributed by atoms with Gasteiger partial charge < -0.3 is 9.47 Å². The molecule has 26 heavy (non-hydrogen) atoms. The van der Waals surface area contributed by atoms with Crippen molar-refractivity contribution in [1.82, 2.24) is 4.98 Å². The number of aryl methyl sites for hydroxylation is 1. The summed E-state index contributed by atoms with van der Waals surface area (Å²) in [5, 5.41) is 0. The van der Waals surface area contributed by atoms with Crippen molar-refractivity contribution >= 4 is 6.16 Å². The van der Waals surface area contributed by atoms with Crippen LogP contribution in [0.3, 0.4) is 0 Å². The van der Waals surface area contributed by atoms with Crippen LogP contribution in [0.5, 0.6) is 5.75 Å². The predicted molar refractivity (Wildman–Crippen MR) is 104 cm³/mol. The first-order valence-electron chi connectivity index (χ1n) is 9.09. The van der Waals surface area contributed by atoms with Gasteiger partial charge in [0, 0.05) is 23.2 Å². The molecule has 0 amide bonds. The summed E-state index contributed by atoms with van der Waals surface area (Å²) < 4.78 is 10.2. The minimum Gasteiger partial charge on any atom is -0.437 e. The summed E-state index contributed by atoms with van der Waals surface area (Å²) in [6, 6.07) is 8.59. The van der Waals surface area contributed by atoms with E-state index in [-0.39, 0.29) is 5.92 Å². The summed E-state index contributed by atoms with van der Waals surface area (Å²) in [7, 11) is 1.32. The van der Waals surface area contributed by atoms with Crippen LogP contribution in [0.25, 0.3) is 0 Å². The summed E-state index contributed by atoms with van der Waals surface area (Å²) in [6.45, 7) is 12.4. The fourth-order valence-corrected chi connectivity index (χ4v) is 2.98. The Morgan fingerprint density at radius 2 is 1.65 bits per heavy atom. The number of hydrogen-bond acceptors (Lipinski definition) is 4. The Labute approximate surface area is 156 Å². The third-order valence-electron chi connectivity index (χ3n) is 4.68. The van der Waals surface area contributed by atoms with Crippen LogP contribution in [0.2, 0.25) is 0 Å². The highest BCUT2D eigenvalue weighted by atomic mass is 16.7. The largest absolute Gasteiger partial charge is 0.513 e. The number of nitrogens with zero attached hydrogens (tertiary/aromatic N) is 1. The van der Waals surface area contributed by atoms with Crippen molar-refractivity contribution in [3.05, 3.63) is 57.9 Å². The van der Waals surface area contributed by atoms with Gasteiger partial charge >= 0.3 is 6.16 Å². The third kappa shape index (κ3) is 4.43. The van der Waals surface area contributed by atoms with Gasteiger partial charge in [-0.15, -0.1) is 0 Å². The van der Waals surface area contributed by atoms with Crippen molar-refractivity contribution in [2.75, 3.05) is 7.11 Å².